The highest BCUT2D eigenvalue weighted by Crippen LogP contribution is 2.21. The zero-order valence-electron chi connectivity index (χ0n) is 13.3. The molecule has 2 rings (SSSR count). The second-order valence-electron chi connectivity index (χ2n) is 5.74. The quantitative estimate of drug-likeness (QED) is 0.864. The van der Waals surface area contributed by atoms with Crippen molar-refractivity contribution in [3.05, 3.63) is 18.0 Å². The Bertz CT molecular complexity index is 618. The normalized spacial score (nSPS) is 19.0. The second-order valence-corrected chi connectivity index (χ2v) is 7.72. The average molecular weight is 328 g/mol. The van der Waals surface area contributed by atoms with Crippen molar-refractivity contribution in [2.45, 2.75) is 39.3 Å². The van der Waals surface area contributed by atoms with Crippen molar-refractivity contribution in [3.63, 3.8) is 0 Å². The van der Waals surface area contributed by atoms with Crippen LogP contribution >= 0.6 is 0 Å². The molecule has 0 saturated carbocycles. The highest BCUT2D eigenvalue weighted by Gasteiger charge is 2.29. The number of rotatable bonds is 5. The number of nitrogens with one attached hydrogen (secondary N) is 1. The molecule has 1 atom stereocenters. The van der Waals surface area contributed by atoms with Crippen LogP contribution < -0.4 is 5.32 Å². The Morgan fingerprint density at radius 2 is 2.09 bits per heavy atom. The van der Waals surface area contributed by atoms with E-state index in [2.05, 4.69) is 10.4 Å². The van der Waals surface area contributed by atoms with E-state index < -0.39 is 10.0 Å². The number of hydrogen-bond donors (Lipinski definition) is 1. The maximum absolute atomic E-state index is 12.4. The molecule has 1 aromatic rings. The Morgan fingerprint density at radius 1 is 1.45 bits per heavy atom. The van der Waals surface area contributed by atoms with E-state index in [-0.39, 0.29) is 17.9 Å². The van der Waals surface area contributed by atoms with Gasteiger partial charge < -0.3 is 5.32 Å². The van der Waals surface area contributed by atoms with Crippen LogP contribution in [0, 0.1) is 5.92 Å². The molecule has 1 aliphatic rings. The first kappa shape index (κ1) is 17.0. The van der Waals surface area contributed by atoms with Gasteiger partial charge in [-0.05, 0) is 32.8 Å². The number of aryl methyl sites for hydroxylation is 1. The van der Waals surface area contributed by atoms with Crippen molar-refractivity contribution in [3.8, 4) is 0 Å². The topological polar surface area (TPSA) is 84.3 Å². The van der Waals surface area contributed by atoms with Gasteiger partial charge in [-0.25, -0.2) is 12.7 Å². The van der Waals surface area contributed by atoms with Gasteiger partial charge in [-0.2, -0.15) is 5.10 Å². The Kier molecular flexibility index (Phi) is 5.23. The monoisotopic (exact) mass is 328 g/mol. The van der Waals surface area contributed by atoms with Crippen LogP contribution in [-0.2, 0) is 21.4 Å². The van der Waals surface area contributed by atoms with Gasteiger partial charge in [0.15, 0.2) is 0 Å². The summed E-state index contributed by atoms with van der Waals surface area (Å²) in [6, 6.07) is 1.80. The van der Waals surface area contributed by atoms with Crippen LogP contribution in [0.2, 0.25) is 0 Å². The van der Waals surface area contributed by atoms with Crippen molar-refractivity contribution in [2.24, 2.45) is 5.92 Å². The number of hydrogen-bond acceptors (Lipinski definition) is 4. The predicted octanol–water partition coefficient (Wildman–Crippen LogP) is 0.752. The zero-order chi connectivity index (χ0) is 16.3. The van der Waals surface area contributed by atoms with Crippen molar-refractivity contribution in [2.75, 3.05) is 19.3 Å². The Morgan fingerprint density at radius 3 is 2.64 bits per heavy atom. The summed E-state index contributed by atoms with van der Waals surface area (Å²) in [5.41, 5.74) is 0.976. The molecule has 1 fully saturated rings. The third-order valence-electron chi connectivity index (χ3n) is 4.15. The molecule has 22 heavy (non-hydrogen) atoms. The SMILES string of the molecule is CCn1nccc1C(C)NC(=O)C1CCN(S(C)(=O)=O)CC1. The van der Waals surface area contributed by atoms with Gasteiger partial charge in [-0.3, -0.25) is 9.48 Å². The largest absolute Gasteiger partial charge is 0.348 e. The summed E-state index contributed by atoms with van der Waals surface area (Å²) < 4.78 is 26.3. The summed E-state index contributed by atoms with van der Waals surface area (Å²) in [5.74, 6) is -0.136. The number of sulfonamides is 1. The van der Waals surface area contributed by atoms with Crippen LogP contribution in [0.5, 0.6) is 0 Å². The molecule has 2 heterocycles. The van der Waals surface area contributed by atoms with E-state index in [1.54, 1.807) is 6.20 Å². The number of piperidine rings is 1. The first-order chi connectivity index (χ1) is 10.3. The molecule has 0 aromatic carbocycles. The lowest BCUT2D eigenvalue weighted by molar-refractivity contribution is -0.126. The molecule has 0 bridgehead atoms. The van der Waals surface area contributed by atoms with Crippen LogP contribution in [0.4, 0.5) is 0 Å². The van der Waals surface area contributed by atoms with Crippen molar-refractivity contribution < 1.29 is 13.2 Å². The summed E-state index contributed by atoms with van der Waals surface area (Å²) in [5, 5.41) is 7.22. The smallest absolute Gasteiger partial charge is 0.223 e. The maximum atomic E-state index is 12.4. The molecule has 7 nitrogen and oxygen atoms in total. The lowest BCUT2D eigenvalue weighted by Crippen LogP contribution is -2.43. The van der Waals surface area contributed by atoms with Crippen molar-refractivity contribution >= 4 is 15.9 Å². The maximum Gasteiger partial charge on any atom is 0.223 e. The molecule has 8 heteroatoms. The number of nitrogens with zero attached hydrogens (tertiary/aromatic N) is 3. The lowest BCUT2D eigenvalue weighted by atomic mass is 9.97. The zero-order valence-corrected chi connectivity index (χ0v) is 14.1. The van der Waals surface area contributed by atoms with E-state index in [1.807, 2.05) is 24.6 Å². The first-order valence-electron chi connectivity index (χ1n) is 7.60. The van der Waals surface area contributed by atoms with Crippen molar-refractivity contribution in [1.82, 2.24) is 19.4 Å². The standard InChI is InChI=1S/C14H24N4O3S/c1-4-18-13(5-8-15-18)11(2)16-14(19)12-6-9-17(10-7-12)22(3,20)21/h5,8,11-12H,4,6-7,9-10H2,1-3H3,(H,16,19). The van der Waals surface area contributed by atoms with Gasteiger partial charge in [0.25, 0.3) is 0 Å². The van der Waals surface area contributed by atoms with Crippen LogP contribution in [0.25, 0.3) is 0 Å². The summed E-state index contributed by atoms with van der Waals surface area (Å²) >= 11 is 0. The lowest BCUT2D eigenvalue weighted by Gasteiger charge is -2.30. The molecule has 1 unspecified atom stereocenters. The third kappa shape index (κ3) is 3.86. The van der Waals surface area contributed by atoms with E-state index in [0.29, 0.717) is 25.9 Å². The fourth-order valence-corrected chi connectivity index (χ4v) is 3.70. The molecular formula is C14H24N4O3S. The van der Waals surface area contributed by atoms with Gasteiger partial charge in [-0.15, -0.1) is 0 Å². The molecule has 0 aliphatic carbocycles. The Balaban J connectivity index is 1.91. The van der Waals surface area contributed by atoms with Crippen LogP contribution in [0.3, 0.4) is 0 Å². The minimum atomic E-state index is -3.15. The van der Waals surface area contributed by atoms with Crippen LogP contribution in [-0.4, -0.2) is 47.8 Å². The highest BCUT2D eigenvalue weighted by atomic mass is 32.2. The van der Waals surface area contributed by atoms with Gasteiger partial charge in [0.1, 0.15) is 0 Å². The fourth-order valence-electron chi connectivity index (χ4n) is 2.83. The minimum Gasteiger partial charge on any atom is -0.348 e. The highest BCUT2D eigenvalue weighted by molar-refractivity contribution is 7.88. The molecule has 124 valence electrons. The molecule has 1 N–H and O–H groups in total. The Hall–Kier alpha value is -1.41. The van der Waals surface area contributed by atoms with E-state index in [1.165, 1.54) is 10.6 Å². The third-order valence-corrected chi connectivity index (χ3v) is 5.45. The first-order valence-corrected chi connectivity index (χ1v) is 9.45. The molecule has 1 aliphatic heterocycles. The molecule has 0 spiro atoms. The van der Waals surface area contributed by atoms with E-state index in [9.17, 15) is 13.2 Å². The van der Waals surface area contributed by atoms with Crippen LogP contribution in [0.15, 0.2) is 12.3 Å². The van der Waals surface area contributed by atoms with Gasteiger partial charge in [-0.1, -0.05) is 0 Å². The number of carbonyl (C=O) groups is 1. The number of amides is 1. The Labute approximate surface area is 131 Å². The predicted molar refractivity (Wildman–Crippen MR) is 83.6 cm³/mol. The average Bonchev–Trinajstić information content (AvgIpc) is 2.95. The fraction of sp³-hybridized carbons (Fsp3) is 0.714. The number of carbonyl (C=O) groups excluding carboxylic acids is 1. The molecule has 1 aromatic heterocycles. The minimum absolute atomic E-state index is 0.00972. The molecular weight excluding hydrogens is 304 g/mol. The summed E-state index contributed by atoms with van der Waals surface area (Å²) in [4.78, 5) is 12.4. The van der Waals surface area contributed by atoms with Gasteiger partial charge >= 0.3 is 0 Å². The summed E-state index contributed by atoms with van der Waals surface area (Å²) in [7, 11) is -3.15. The van der Waals surface area contributed by atoms with Gasteiger partial charge in [0.05, 0.1) is 18.0 Å². The molecule has 1 amide bonds. The molecule has 0 radical (unpaired) electrons. The van der Waals surface area contributed by atoms with Gasteiger partial charge in [0.2, 0.25) is 15.9 Å². The second kappa shape index (κ2) is 6.78. The summed E-state index contributed by atoms with van der Waals surface area (Å²) in [6.45, 7) is 5.53. The van der Waals surface area contributed by atoms with Gasteiger partial charge in [0, 0.05) is 31.7 Å². The molecule has 1 saturated heterocycles. The summed E-state index contributed by atoms with van der Waals surface area (Å²) in [6.07, 6.45) is 4.07. The van der Waals surface area contributed by atoms with Crippen molar-refractivity contribution in [1.29, 1.82) is 0 Å². The van der Waals surface area contributed by atoms with Crippen LogP contribution in [0.1, 0.15) is 38.4 Å². The van der Waals surface area contributed by atoms with E-state index in [0.717, 1.165) is 12.2 Å². The van der Waals surface area contributed by atoms with E-state index >= 15 is 0 Å². The number of aromatic nitrogens is 2. The van der Waals surface area contributed by atoms with E-state index in [4.69, 9.17) is 0 Å².